The van der Waals surface area contributed by atoms with Gasteiger partial charge in [-0.2, -0.15) is 0 Å². The lowest BCUT2D eigenvalue weighted by molar-refractivity contribution is -0.124. The lowest BCUT2D eigenvalue weighted by Crippen LogP contribution is -2.36. The Morgan fingerprint density at radius 1 is 1.46 bits per heavy atom. The second kappa shape index (κ2) is 4.13. The van der Waals surface area contributed by atoms with E-state index < -0.39 is 10.8 Å². The molecule has 2 unspecified atom stereocenters. The third-order valence-corrected chi connectivity index (χ3v) is 5.43. The van der Waals surface area contributed by atoms with E-state index in [0.29, 0.717) is 5.75 Å². The number of ketones is 1. The van der Waals surface area contributed by atoms with Crippen molar-refractivity contribution in [3.8, 4) is 0 Å². The molecule has 0 aromatic heterocycles. The van der Waals surface area contributed by atoms with E-state index in [9.17, 15) is 9.00 Å². The highest BCUT2D eigenvalue weighted by molar-refractivity contribution is 8.12. The average Bonchev–Trinajstić information content (AvgIpc) is 2.02. The van der Waals surface area contributed by atoms with Gasteiger partial charge in [0.25, 0.3) is 0 Å². The monoisotopic (exact) mass is 220 g/mol. The van der Waals surface area contributed by atoms with Gasteiger partial charge in [0.1, 0.15) is 4.58 Å². The third kappa shape index (κ3) is 2.81. The van der Waals surface area contributed by atoms with Crippen LogP contribution in [0.5, 0.6) is 0 Å². The van der Waals surface area contributed by atoms with Crippen molar-refractivity contribution >= 4 is 28.3 Å². The quantitative estimate of drug-likeness (QED) is 0.676. The first kappa shape index (κ1) is 11.2. The lowest BCUT2D eigenvalue weighted by atomic mass is 9.92. The van der Waals surface area contributed by atoms with Crippen LogP contribution in [0.4, 0.5) is 0 Å². The van der Waals surface area contributed by atoms with Crippen LogP contribution >= 0.6 is 11.8 Å². The van der Waals surface area contributed by atoms with Crippen molar-refractivity contribution in [2.75, 3.05) is 11.5 Å². The molecule has 1 fully saturated rings. The first-order chi connectivity index (χ1) is 5.93. The van der Waals surface area contributed by atoms with E-state index in [1.165, 1.54) is 0 Å². The summed E-state index contributed by atoms with van der Waals surface area (Å²) in [5.41, 5.74) is -0.356. The zero-order valence-corrected chi connectivity index (χ0v) is 9.96. The minimum absolute atomic E-state index is 0.135. The molecule has 1 aliphatic rings. The predicted molar refractivity (Wildman–Crippen MR) is 58.3 cm³/mol. The summed E-state index contributed by atoms with van der Waals surface area (Å²) in [7, 11) is -0.941. The first-order valence-corrected chi connectivity index (χ1v) is 6.89. The molecule has 13 heavy (non-hydrogen) atoms. The molecule has 4 heteroatoms. The van der Waals surface area contributed by atoms with Crippen LogP contribution < -0.4 is 0 Å². The van der Waals surface area contributed by atoms with Gasteiger partial charge < -0.3 is 0 Å². The molecule has 1 aliphatic heterocycles. The number of carbonyl (C=O) groups excluding carboxylic acids is 1. The molecule has 2 atom stereocenters. The number of carbonyl (C=O) groups is 1. The molecule has 1 saturated heterocycles. The molecular formula is C9H16O2S2. The van der Waals surface area contributed by atoms with Crippen LogP contribution in [-0.4, -0.2) is 26.1 Å². The van der Waals surface area contributed by atoms with Crippen molar-refractivity contribution in [3.63, 3.8) is 0 Å². The lowest BCUT2D eigenvalue weighted by Gasteiger charge is -2.26. The molecule has 1 rings (SSSR count). The maximum absolute atomic E-state index is 11.8. The van der Waals surface area contributed by atoms with Gasteiger partial charge in [-0.3, -0.25) is 9.00 Å². The molecule has 0 aromatic rings. The van der Waals surface area contributed by atoms with Crippen molar-refractivity contribution in [2.24, 2.45) is 5.41 Å². The van der Waals surface area contributed by atoms with Gasteiger partial charge in [-0.15, -0.1) is 11.8 Å². The Morgan fingerprint density at radius 3 is 2.54 bits per heavy atom. The molecule has 0 radical (unpaired) electrons. The Morgan fingerprint density at radius 2 is 2.08 bits per heavy atom. The maximum atomic E-state index is 11.8. The summed E-state index contributed by atoms with van der Waals surface area (Å²) < 4.78 is 11.3. The van der Waals surface area contributed by atoms with Crippen LogP contribution in [0, 0.1) is 5.41 Å². The predicted octanol–water partition coefficient (Wildman–Crippen LogP) is 1.81. The van der Waals surface area contributed by atoms with Crippen LogP contribution in [0.3, 0.4) is 0 Å². The molecule has 0 saturated carbocycles. The molecule has 1 heterocycles. The third-order valence-electron chi connectivity index (χ3n) is 1.95. The van der Waals surface area contributed by atoms with Gasteiger partial charge >= 0.3 is 0 Å². The largest absolute Gasteiger partial charge is 0.297 e. The van der Waals surface area contributed by atoms with Gasteiger partial charge in [0.15, 0.2) is 5.78 Å². The average molecular weight is 220 g/mol. The fraction of sp³-hybridized carbons (Fsp3) is 0.889. The van der Waals surface area contributed by atoms with Gasteiger partial charge in [0, 0.05) is 22.0 Å². The Labute approximate surface area is 86.3 Å². The van der Waals surface area contributed by atoms with Crippen molar-refractivity contribution in [1.82, 2.24) is 0 Å². The van der Waals surface area contributed by atoms with Gasteiger partial charge in [0.05, 0.1) is 0 Å². The minimum Gasteiger partial charge on any atom is -0.297 e. The highest BCUT2D eigenvalue weighted by Gasteiger charge is 2.35. The van der Waals surface area contributed by atoms with Crippen molar-refractivity contribution < 1.29 is 9.00 Å². The number of thioether (sulfide) groups is 1. The normalized spacial score (nSPS) is 30.1. The summed E-state index contributed by atoms with van der Waals surface area (Å²) in [5.74, 6) is 1.80. The van der Waals surface area contributed by atoms with E-state index >= 15 is 0 Å². The highest BCUT2D eigenvalue weighted by Crippen LogP contribution is 2.29. The summed E-state index contributed by atoms with van der Waals surface area (Å²) in [4.78, 5) is 11.8. The van der Waals surface area contributed by atoms with Crippen LogP contribution in [0.25, 0.3) is 0 Å². The first-order valence-electron chi connectivity index (χ1n) is 4.46. The number of hydrogen-bond acceptors (Lipinski definition) is 3. The van der Waals surface area contributed by atoms with Gasteiger partial charge in [-0.05, 0) is 12.2 Å². The van der Waals surface area contributed by atoms with E-state index in [4.69, 9.17) is 0 Å². The highest BCUT2D eigenvalue weighted by atomic mass is 32.2. The van der Waals surface area contributed by atoms with Crippen LogP contribution in [0.15, 0.2) is 0 Å². The Hall–Kier alpha value is 0.170. The van der Waals surface area contributed by atoms with E-state index in [0.717, 1.165) is 12.2 Å². The Bertz CT molecular complexity index is 230. The maximum Gasteiger partial charge on any atom is 0.163 e. The van der Waals surface area contributed by atoms with Crippen molar-refractivity contribution in [3.05, 3.63) is 0 Å². The molecule has 2 nitrogen and oxygen atoms in total. The van der Waals surface area contributed by atoms with Crippen LogP contribution in [0.2, 0.25) is 0 Å². The van der Waals surface area contributed by atoms with E-state index in [2.05, 4.69) is 0 Å². The van der Waals surface area contributed by atoms with Crippen LogP contribution in [-0.2, 0) is 15.6 Å². The minimum atomic E-state index is -0.941. The fourth-order valence-electron chi connectivity index (χ4n) is 1.12. The van der Waals surface area contributed by atoms with E-state index in [1.807, 2.05) is 20.8 Å². The molecule has 0 amide bonds. The number of rotatable bonds is 1. The molecule has 76 valence electrons. The zero-order chi connectivity index (χ0) is 10.1. The van der Waals surface area contributed by atoms with Crippen molar-refractivity contribution in [1.29, 1.82) is 0 Å². The van der Waals surface area contributed by atoms with Crippen molar-refractivity contribution in [2.45, 2.75) is 31.8 Å². The van der Waals surface area contributed by atoms with Crippen LogP contribution in [0.1, 0.15) is 27.2 Å². The fourth-order valence-corrected chi connectivity index (χ4v) is 4.76. The standard InChI is InChI=1S/C9H16O2S2/c1-9(2,3)7(10)8-12-5-4-6-13(8)11/h8H,4-6H2,1-3H3. The Kier molecular flexibility index (Phi) is 3.57. The number of hydrogen-bond donors (Lipinski definition) is 0. The topological polar surface area (TPSA) is 34.1 Å². The number of Topliss-reactive ketones (excluding diaryl/α,β-unsaturated/α-hetero) is 1. The van der Waals surface area contributed by atoms with E-state index in [1.54, 1.807) is 11.8 Å². The smallest absolute Gasteiger partial charge is 0.163 e. The van der Waals surface area contributed by atoms with E-state index in [-0.39, 0.29) is 15.8 Å². The second-order valence-corrected chi connectivity index (χ2v) is 7.41. The summed E-state index contributed by atoms with van der Waals surface area (Å²) in [6, 6.07) is 0. The summed E-state index contributed by atoms with van der Waals surface area (Å²) >= 11 is 1.56. The van der Waals surface area contributed by atoms with Gasteiger partial charge in [-0.25, -0.2) is 0 Å². The molecule has 0 spiro atoms. The summed E-state index contributed by atoms with van der Waals surface area (Å²) in [6.07, 6.45) is 0.977. The molecule has 0 N–H and O–H groups in total. The molecule has 0 bridgehead atoms. The summed E-state index contributed by atoms with van der Waals surface area (Å²) in [6.45, 7) is 5.67. The second-order valence-electron chi connectivity index (χ2n) is 4.26. The van der Waals surface area contributed by atoms with Gasteiger partial charge in [-0.1, -0.05) is 20.8 Å². The molecule has 0 aliphatic carbocycles. The Balaban J connectivity index is 2.70. The molecular weight excluding hydrogens is 204 g/mol. The van der Waals surface area contributed by atoms with Gasteiger partial charge in [0.2, 0.25) is 0 Å². The zero-order valence-electron chi connectivity index (χ0n) is 8.33. The summed E-state index contributed by atoms with van der Waals surface area (Å²) in [5, 5.41) is 0. The molecule has 0 aromatic carbocycles. The SMILES string of the molecule is CC(C)(C)C(=O)C1SCCCS1=O.